The van der Waals surface area contributed by atoms with E-state index in [4.69, 9.17) is 4.42 Å². The van der Waals surface area contributed by atoms with Crippen molar-refractivity contribution in [1.82, 2.24) is 25.1 Å². The van der Waals surface area contributed by atoms with Crippen molar-refractivity contribution in [2.24, 2.45) is 0 Å². The number of fused-ring (bicyclic) bond motifs is 1. The van der Waals surface area contributed by atoms with Gasteiger partial charge in [0.15, 0.2) is 0 Å². The van der Waals surface area contributed by atoms with Crippen molar-refractivity contribution in [2.45, 2.75) is 6.54 Å². The molecular formula is C12H11N5O4. The van der Waals surface area contributed by atoms with Gasteiger partial charge in [0, 0.05) is 12.6 Å². The number of amides is 1. The molecule has 2 aromatic heterocycles. The lowest BCUT2D eigenvalue weighted by Crippen LogP contribution is -2.26. The summed E-state index contributed by atoms with van der Waals surface area (Å²) in [6.07, 6.45) is 0. The zero-order valence-electron chi connectivity index (χ0n) is 11.0. The number of carbonyl (C=O) groups is 1. The molecule has 108 valence electrons. The molecule has 0 saturated heterocycles. The second-order valence-corrected chi connectivity index (χ2v) is 4.51. The SMILES string of the molecule is CN(Cc1n[nH]c(=O)o1)C(=O)c1ccc2[nH]c(=O)[nH]c2c1. The summed E-state index contributed by atoms with van der Waals surface area (Å²) in [5.74, 6) is -0.839. The number of aromatic nitrogens is 4. The summed E-state index contributed by atoms with van der Waals surface area (Å²) < 4.78 is 4.75. The van der Waals surface area contributed by atoms with Crippen molar-refractivity contribution in [3.8, 4) is 0 Å². The summed E-state index contributed by atoms with van der Waals surface area (Å²) in [6.45, 7) is 0.0548. The molecule has 0 aliphatic carbocycles. The van der Waals surface area contributed by atoms with E-state index in [0.29, 0.717) is 16.6 Å². The summed E-state index contributed by atoms with van der Waals surface area (Å²) in [7, 11) is 1.56. The molecule has 1 amide bonds. The number of imidazole rings is 1. The number of hydrogen-bond acceptors (Lipinski definition) is 5. The van der Waals surface area contributed by atoms with Gasteiger partial charge in [0.2, 0.25) is 5.89 Å². The number of hydrogen-bond donors (Lipinski definition) is 3. The molecule has 0 spiro atoms. The molecule has 3 rings (SSSR count). The Kier molecular flexibility index (Phi) is 2.94. The van der Waals surface area contributed by atoms with E-state index in [9.17, 15) is 14.4 Å². The van der Waals surface area contributed by atoms with Gasteiger partial charge in [0.05, 0.1) is 17.6 Å². The number of nitrogens with zero attached hydrogens (tertiary/aromatic N) is 2. The van der Waals surface area contributed by atoms with E-state index in [1.165, 1.54) is 4.90 Å². The van der Waals surface area contributed by atoms with Gasteiger partial charge < -0.3 is 19.3 Å². The van der Waals surface area contributed by atoms with Crippen LogP contribution in [0.2, 0.25) is 0 Å². The van der Waals surface area contributed by atoms with Crippen molar-refractivity contribution in [2.75, 3.05) is 7.05 Å². The standard InChI is InChI=1S/C12H11N5O4/c1-17(5-9-15-16-12(20)21-9)10(18)6-2-3-7-8(4-6)14-11(19)13-7/h2-4H,5H2,1H3,(H,16,20)(H2,13,14,19). The highest BCUT2D eigenvalue weighted by atomic mass is 16.4. The first-order valence-corrected chi connectivity index (χ1v) is 6.05. The highest BCUT2D eigenvalue weighted by Crippen LogP contribution is 2.12. The van der Waals surface area contributed by atoms with E-state index < -0.39 is 5.76 Å². The lowest BCUT2D eigenvalue weighted by Gasteiger charge is -2.14. The number of nitrogens with one attached hydrogen (secondary N) is 3. The van der Waals surface area contributed by atoms with Gasteiger partial charge in [-0.1, -0.05) is 0 Å². The van der Waals surface area contributed by atoms with Gasteiger partial charge in [0.25, 0.3) is 5.91 Å². The third-order valence-electron chi connectivity index (χ3n) is 2.96. The van der Waals surface area contributed by atoms with E-state index >= 15 is 0 Å². The van der Waals surface area contributed by atoms with E-state index in [1.807, 2.05) is 0 Å². The van der Waals surface area contributed by atoms with Gasteiger partial charge in [-0.3, -0.25) is 4.79 Å². The molecule has 9 heteroatoms. The Hall–Kier alpha value is -3.10. The van der Waals surface area contributed by atoms with Crippen LogP contribution in [0, 0.1) is 0 Å². The molecule has 21 heavy (non-hydrogen) atoms. The van der Waals surface area contributed by atoms with Crippen molar-refractivity contribution in [3.05, 3.63) is 50.7 Å². The molecule has 0 aliphatic heterocycles. The Morgan fingerprint density at radius 1 is 1.29 bits per heavy atom. The Morgan fingerprint density at radius 3 is 2.76 bits per heavy atom. The van der Waals surface area contributed by atoms with Crippen molar-refractivity contribution < 1.29 is 9.21 Å². The van der Waals surface area contributed by atoms with Crippen LogP contribution in [-0.4, -0.2) is 38.0 Å². The summed E-state index contributed by atoms with van der Waals surface area (Å²) in [4.78, 5) is 40.8. The molecule has 9 nitrogen and oxygen atoms in total. The predicted molar refractivity (Wildman–Crippen MR) is 71.8 cm³/mol. The Bertz CT molecular complexity index is 915. The minimum atomic E-state index is -0.669. The van der Waals surface area contributed by atoms with E-state index in [0.717, 1.165) is 0 Å². The minimum Gasteiger partial charge on any atom is -0.391 e. The van der Waals surface area contributed by atoms with E-state index in [2.05, 4.69) is 20.2 Å². The molecule has 0 aliphatic rings. The Labute approximate surface area is 116 Å². The monoisotopic (exact) mass is 289 g/mol. The first kappa shape index (κ1) is 12.9. The van der Waals surface area contributed by atoms with Gasteiger partial charge in [-0.05, 0) is 18.2 Å². The summed E-state index contributed by atoms with van der Waals surface area (Å²) in [5.41, 5.74) is 1.24. The molecule has 0 radical (unpaired) electrons. The number of carbonyl (C=O) groups excluding carboxylic acids is 1. The van der Waals surface area contributed by atoms with Crippen LogP contribution < -0.4 is 11.4 Å². The van der Waals surface area contributed by atoms with Gasteiger partial charge in [-0.15, -0.1) is 5.10 Å². The molecule has 2 heterocycles. The first-order valence-electron chi connectivity index (χ1n) is 6.05. The molecule has 0 bridgehead atoms. The molecule has 0 fully saturated rings. The second-order valence-electron chi connectivity index (χ2n) is 4.51. The molecule has 0 unspecified atom stereocenters. The van der Waals surface area contributed by atoms with Crippen LogP contribution in [0.3, 0.4) is 0 Å². The first-order chi connectivity index (χ1) is 10.0. The number of benzene rings is 1. The number of rotatable bonds is 3. The van der Waals surface area contributed by atoms with Crippen LogP contribution in [-0.2, 0) is 6.54 Å². The highest BCUT2D eigenvalue weighted by Gasteiger charge is 2.15. The van der Waals surface area contributed by atoms with E-state index in [1.54, 1.807) is 25.2 Å². The van der Waals surface area contributed by atoms with Crippen LogP contribution in [0.5, 0.6) is 0 Å². The smallest absolute Gasteiger partial charge is 0.391 e. The quantitative estimate of drug-likeness (QED) is 0.615. The van der Waals surface area contributed by atoms with Crippen LogP contribution in [0.25, 0.3) is 11.0 Å². The average Bonchev–Trinajstić information content (AvgIpc) is 3.01. The van der Waals surface area contributed by atoms with Gasteiger partial charge >= 0.3 is 11.4 Å². The highest BCUT2D eigenvalue weighted by molar-refractivity contribution is 5.97. The van der Waals surface area contributed by atoms with Crippen molar-refractivity contribution in [3.63, 3.8) is 0 Å². The normalized spacial score (nSPS) is 10.9. The van der Waals surface area contributed by atoms with Crippen LogP contribution in [0.15, 0.2) is 32.2 Å². The molecular weight excluding hydrogens is 278 g/mol. The third kappa shape index (κ3) is 2.48. The fourth-order valence-corrected chi connectivity index (χ4v) is 1.99. The third-order valence-corrected chi connectivity index (χ3v) is 2.96. The molecule has 1 aromatic carbocycles. The van der Waals surface area contributed by atoms with Crippen molar-refractivity contribution in [1.29, 1.82) is 0 Å². The summed E-state index contributed by atoms with van der Waals surface area (Å²) in [6, 6.07) is 4.82. The maximum absolute atomic E-state index is 12.3. The average molecular weight is 289 g/mol. The van der Waals surface area contributed by atoms with E-state index in [-0.39, 0.29) is 24.0 Å². The van der Waals surface area contributed by atoms with Gasteiger partial charge in [-0.2, -0.15) is 0 Å². The molecule has 3 N–H and O–H groups in total. The van der Waals surface area contributed by atoms with Crippen LogP contribution in [0.4, 0.5) is 0 Å². The lowest BCUT2D eigenvalue weighted by atomic mass is 10.2. The fraction of sp³-hybridized carbons (Fsp3) is 0.167. The zero-order chi connectivity index (χ0) is 15.0. The molecule has 0 saturated carbocycles. The summed E-state index contributed by atoms with van der Waals surface area (Å²) >= 11 is 0. The number of H-pyrrole nitrogens is 3. The van der Waals surface area contributed by atoms with Crippen LogP contribution >= 0.6 is 0 Å². The lowest BCUT2D eigenvalue weighted by molar-refractivity contribution is 0.0772. The Morgan fingerprint density at radius 2 is 2.05 bits per heavy atom. The van der Waals surface area contributed by atoms with Gasteiger partial charge in [-0.25, -0.2) is 14.7 Å². The maximum Gasteiger partial charge on any atom is 0.434 e. The van der Waals surface area contributed by atoms with Gasteiger partial charge in [0.1, 0.15) is 0 Å². The zero-order valence-corrected chi connectivity index (χ0v) is 11.0. The Balaban J connectivity index is 1.84. The minimum absolute atomic E-state index is 0.0548. The fourth-order valence-electron chi connectivity index (χ4n) is 1.99. The van der Waals surface area contributed by atoms with Crippen molar-refractivity contribution >= 4 is 16.9 Å². The second kappa shape index (κ2) is 4.78. The largest absolute Gasteiger partial charge is 0.434 e. The molecule has 0 atom stereocenters. The predicted octanol–water partition coefficient (Wildman–Crippen LogP) is -0.195. The molecule has 3 aromatic rings. The topological polar surface area (TPSA) is 128 Å². The van der Waals surface area contributed by atoms with Crippen LogP contribution in [0.1, 0.15) is 16.2 Å². The summed E-state index contributed by atoms with van der Waals surface area (Å²) in [5, 5.41) is 5.76. The maximum atomic E-state index is 12.3. The number of aromatic amines is 3.